The van der Waals surface area contributed by atoms with E-state index in [0.717, 1.165) is 30.4 Å². The number of para-hydroxylation sites is 1. The van der Waals surface area contributed by atoms with Crippen molar-refractivity contribution in [2.75, 3.05) is 10.0 Å². The zero-order valence-corrected chi connectivity index (χ0v) is 33.7. The first-order chi connectivity index (χ1) is 26.1. The van der Waals surface area contributed by atoms with Gasteiger partial charge in [0.1, 0.15) is 11.5 Å². The quantitative estimate of drug-likeness (QED) is 0.0545. The summed E-state index contributed by atoms with van der Waals surface area (Å²) in [4.78, 5) is 26.0. The summed E-state index contributed by atoms with van der Waals surface area (Å²) in [5.41, 5.74) is 2.82. The first kappa shape index (κ1) is 42.6. The third-order valence-corrected chi connectivity index (χ3v) is 11.0. The van der Waals surface area contributed by atoms with Crippen molar-refractivity contribution in [3.8, 4) is 11.5 Å². The van der Waals surface area contributed by atoms with Gasteiger partial charge in [-0.15, -0.1) is 0 Å². The Morgan fingerprint density at radius 1 is 0.685 bits per heavy atom. The van der Waals surface area contributed by atoms with Crippen LogP contribution in [-0.2, 0) is 22.9 Å². The normalized spacial score (nSPS) is 11.4. The minimum Gasteiger partial charge on any atom is -0.457 e. The minimum absolute atomic E-state index is 0.0891. The van der Waals surface area contributed by atoms with Gasteiger partial charge in [-0.2, -0.15) is 0 Å². The highest BCUT2D eigenvalue weighted by Gasteiger charge is 2.20. The van der Waals surface area contributed by atoms with Crippen LogP contribution in [0.1, 0.15) is 136 Å². The molecule has 0 aromatic heterocycles. The molecule has 4 aromatic carbocycles. The zero-order chi connectivity index (χ0) is 38.8. The van der Waals surface area contributed by atoms with Gasteiger partial charge in [-0.25, -0.2) is 8.42 Å². The number of carbonyl (C=O) groups excluding carboxylic acids is 2. The Kier molecular flexibility index (Phi) is 17.6. The smallest absolute Gasteiger partial charge is 0.261 e. The summed E-state index contributed by atoms with van der Waals surface area (Å²) in [6.07, 6.45) is 18.9. The summed E-state index contributed by atoms with van der Waals surface area (Å²) in [6.45, 7) is 6.47. The second-order valence-corrected chi connectivity index (χ2v) is 16.6. The summed E-state index contributed by atoms with van der Waals surface area (Å²) < 4.78 is 35.2. The summed E-state index contributed by atoms with van der Waals surface area (Å²) in [5, 5.41) is 2.02. The van der Waals surface area contributed by atoms with E-state index in [2.05, 4.69) is 36.9 Å². The lowest BCUT2D eigenvalue weighted by atomic mass is 10.0. The number of amides is 1. The number of hydrogen-bond acceptors (Lipinski definition) is 5. The lowest BCUT2D eigenvalue weighted by molar-refractivity contribution is 0.102. The number of benzene rings is 4. The summed E-state index contributed by atoms with van der Waals surface area (Å²) in [6, 6.07) is 25.6. The van der Waals surface area contributed by atoms with Crippen molar-refractivity contribution in [1.82, 2.24) is 0 Å². The molecule has 0 bridgehead atoms. The molecule has 0 radical (unpaired) electrons. The van der Waals surface area contributed by atoms with Crippen LogP contribution in [-0.4, -0.2) is 19.6 Å². The number of nitrogens with one attached hydrogen (secondary N) is 2. The number of unbranched alkanes of at least 4 members (excludes halogenated alkanes) is 12. The van der Waals surface area contributed by atoms with E-state index in [9.17, 15) is 18.0 Å². The molecule has 54 heavy (non-hydrogen) atoms. The molecular weight excluding hydrogens is 716 g/mol. The van der Waals surface area contributed by atoms with Crippen molar-refractivity contribution in [2.24, 2.45) is 5.92 Å². The molecule has 0 unspecified atom stereocenters. The van der Waals surface area contributed by atoms with E-state index in [1.807, 2.05) is 18.2 Å². The Balaban J connectivity index is 1.30. The van der Waals surface area contributed by atoms with Crippen molar-refractivity contribution in [3.63, 3.8) is 0 Å². The standard InChI is InChI=1S/C45H57ClN2O5S/c1-4-5-6-7-8-9-10-11-12-13-14-15-16-20-35-21-19-22-38(32-35)53-43-30-27-37(33-41(43)44(46)49)47-45(50)40-23-17-18-24-42(40)48-54(51,52)39-28-25-36(26-29-39)31-34(2)3/h17-19,21-30,32-34,48H,4-16,20,31H2,1-3H3,(H,47,50). The van der Waals surface area contributed by atoms with Gasteiger partial charge in [0.25, 0.3) is 21.2 Å². The molecule has 1 amide bonds. The van der Waals surface area contributed by atoms with E-state index in [4.69, 9.17) is 16.3 Å². The topological polar surface area (TPSA) is 102 Å². The monoisotopic (exact) mass is 772 g/mol. The lowest BCUT2D eigenvalue weighted by Crippen LogP contribution is -2.18. The Morgan fingerprint density at radius 2 is 1.31 bits per heavy atom. The Hall–Kier alpha value is -4.14. The molecule has 0 saturated carbocycles. The molecule has 0 atom stereocenters. The highest BCUT2D eigenvalue weighted by molar-refractivity contribution is 7.92. The number of carbonyl (C=O) groups is 2. The third kappa shape index (κ3) is 14.3. The van der Waals surface area contributed by atoms with Gasteiger partial charge in [0.15, 0.2) is 0 Å². The summed E-state index contributed by atoms with van der Waals surface area (Å²) in [5.74, 6) is 0.731. The average Bonchev–Trinajstić information content (AvgIpc) is 3.14. The van der Waals surface area contributed by atoms with Crippen LogP contribution in [0.3, 0.4) is 0 Å². The van der Waals surface area contributed by atoms with Gasteiger partial charge in [0, 0.05) is 5.69 Å². The van der Waals surface area contributed by atoms with Crippen molar-refractivity contribution >= 4 is 44.1 Å². The van der Waals surface area contributed by atoms with Crippen LogP contribution in [0.4, 0.5) is 11.4 Å². The van der Waals surface area contributed by atoms with Crippen LogP contribution in [0.2, 0.25) is 0 Å². The number of sulfonamides is 1. The fraction of sp³-hybridized carbons (Fsp3) is 0.422. The number of rotatable bonds is 24. The second-order valence-electron chi connectivity index (χ2n) is 14.6. The average molecular weight is 773 g/mol. The molecule has 0 spiro atoms. The van der Waals surface area contributed by atoms with E-state index in [0.29, 0.717) is 17.4 Å². The molecule has 290 valence electrons. The molecule has 0 fully saturated rings. The number of aryl methyl sites for hydroxylation is 1. The van der Waals surface area contributed by atoms with Crippen molar-refractivity contribution in [1.29, 1.82) is 0 Å². The van der Waals surface area contributed by atoms with Gasteiger partial charge < -0.3 is 10.1 Å². The molecule has 9 heteroatoms. The molecule has 0 saturated heterocycles. The fourth-order valence-corrected chi connectivity index (χ4v) is 7.76. The molecule has 7 nitrogen and oxygen atoms in total. The number of anilines is 2. The predicted molar refractivity (Wildman–Crippen MR) is 223 cm³/mol. The van der Waals surface area contributed by atoms with Gasteiger partial charge in [-0.3, -0.25) is 14.3 Å². The van der Waals surface area contributed by atoms with E-state index < -0.39 is 21.2 Å². The minimum atomic E-state index is -3.97. The Bertz CT molecular complexity index is 1890. The first-order valence-electron chi connectivity index (χ1n) is 19.7. The molecule has 0 aliphatic rings. The molecule has 0 aliphatic heterocycles. The van der Waals surface area contributed by atoms with Gasteiger partial charge >= 0.3 is 0 Å². The molecular formula is C45H57ClN2O5S. The number of halogens is 1. The molecule has 0 aliphatic carbocycles. The number of hydrogen-bond donors (Lipinski definition) is 2. The van der Waals surface area contributed by atoms with Crippen LogP contribution < -0.4 is 14.8 Å². The van der Waals surface area contributed by atoms with Crippen molar-refractivity contribution in [3.05, 3.63) is 113 Å². The van der Waals surface area contributed by atoms with E-state index >= 15 is 0 Å². The number of ether oxygens (including phenoxy) is 1. The van der Waals surface area contributed by atoms with Gasteiger partial charge in [0.05, 0.1) is 21.7 Å². The highest BCUT2D eigenvalue weighted by atomic mass is 35.5. The van der Waals surface area contributed by atoms with E-state index in [-0.39, 0.29) is 27.5 Å². The molecule has 4 aromatic rings. The van der Waals surface area contributed by atoms with Crippen LogP contribution in [0.15, 0.2) is 95.9 Å². The lowest BCUT2D eigenvalue weighted by Gasteiger charge is -2.15. The largest absolute Gasteiger partial charge is 0.457 e. The van der Waals surface area contributed by atoms with Gasteiger partial charge in [0.2, 0.25) is 0 Å². The van der Waals surface area contributed by atoms with Gasteiger partial charge in [-0.1, -0.05) is 134 Å². The van der Waals surface area contributed by atoms with E-state index in [1.54, 1.807) is 48.5 Å². The first-order valence-corrected chi connectivity index (χ1v) is 21.5. The van der Waals surface area contributed by atoms with Crippen LogP contribution in [0.25, 0.3) is 0 Å². The van der Waals surface area contributed by atoms with Gasteiger partial charge in [-0.05, 0) is 103 Å². The molecule has 0 heterocycles. The van der Waals surface area contributed by atoms with Crippen LogP contribution in [0.5, 0.6) is 11.5 Å². The maximum Gasteiger partial charge on any atom is 0.261 e. The molecule has 4 rings (SSSR count). The predicted octanol–water partition coefficient (Wildman–Crippen LogP) is 12.7. The fourth-order valence-electron chi connectivity index (χ4n) is 6.54. The SMILES string of the molecule is CCCCCCCCCCCCCCCc1cccc(Oc2ccc(NC(=O)c3ccccc3NS(=O)(=O)c3ccc(CC(C)C)cc3)cc2C(=O)Cl)c1. The zero-order valence-electron chi connectivity index (χ0n) is 32.2. The second kappa shape index (κ2) is 22.3. The van der Waals surface area contributed by atoms with Crippen LogP contribution >= 0.6 is 11.6 Å². The van der Waals surface area contributed by atoms with Crippen molar-refractivity contribution in [2.45, 2.75) is 122 Å². The third-order valence-electron chi connectivity index (χ3n) is 9.44. The van der Waals surface area contributed by atoms with Crippen molar-refractivity contribution < 1.29 is 22.7 Å². The maximum absolute atomic E-state index is 13.4. The Labute approximate surface area is 328 Å². The van der Waals surface area contributed by atoms with Crippen LogP contribution in [0, 0.1) is 5.92 Å². The molecule has 2 N–H and O–H groups in total. The summed E-state index contributed by atoms with van der Waals surface area (Å²) >= 11 is 5.98. The maximum atomic E-state index is 13.4. The van der Waals surface area contributed by atoms with E-state index in [1.165, 1.54) is 95.2 Å². The highest BCUT2D eigenvalue weighted by Crippen LogP contribution is 2.31. The summed E-state index contributed by atoms with van der Waals surface area (Å²) in [7, 11) is -3.97. The Morgan fingerprint density at radius 3 is 1.94 bits per heavy atom.